The molecule has 0 saturated heterocycles. The lowest BCUT2D eigenvalue weighted by Gasteiger charge is -2.24. The van der Waals surface area contributed by atoms with Gasteiger partial charge in [-0.1, -0.05) is 6.07 Å². The van der Waals surface area contributed by atoms with Crippen molar-refractivity contribution in [2.24, 2.45) is 0 Å². The van der Waals surface area contributed by atoms with E-state index in [4.69, 9.17) is 20.3 Å². The Morgan fingerprint density at radius 2 is 0.955 bits per heavy atom. The number of nitro benzene ring substituents is 2. The number of carbonyl (C=O) groups is 3. The fourth-order valence-electron chi connectivity index (χ4n) is 5.87. The first-order valence-electron chi connectivity index (χ1n) is 19.8. The first-order chi connectivity index (χ1) is 31.2. The molecule has 0 atom stereocenters. The second-order valence-electron chi connectivity index (χ2n) is 16.4. The first kappa shape index (κ1) is 51.5. The van der Waals surface area contributed by atoms with Crippen LogP contribution in [0.5, 0.6) is 0 Å². The standard InChI is InChI=1S/C17H18F2N2O2.C17H18N2O4.C13H8F2N2O4/c1-16(2,3)23-15(22)17(18,19)13-8-12(9-14(20)10-13)11-4-6-21-7-5-11;1-17(2,3)23-16(20)10-12-8-14(11-15(9-12)19(21)22)13-4-6-18-7-5-13;14-13(15,12(18)19)10-5-9(6-11(7-10)17(20)21)8-1-3-16-4-2-8/h4-10H,20H2,1-3H3;4-9,11H,10H2,1-3H3;1-7H,(H,18,19). The van der Waals surface area contributed by atoms with E-state index in [2.05, 4.69) is 15.0 Å². The maximum atomic E-state index is 14.4. The summed E-state index contributed by atoms with van der Waals surface area (Å²) in [4.78, 5) is 66.6. The van der Waals surface area contributed by atoms with Crippen LogP contribution in [0, 0.1) is 20.2 Å². The van der Waals surface area contributed by atoms with E-state index in [1.165, 1.54) is 63.5 Å². The monoisotopic (exact) mass is 928 g/mol. The van der Waals surface area contributed by atoms with Crippen molar-refractivity contribution in [3.8, 4) is 33.4 Å². The van der Waals surface area contributed by atoms with Gasteiger partial charge in [-0.05, 0) is 141 Å². The van der Waals surface area contributed by atoms with Crippen LogP contribution in [0.15, 0.2) is 128 Å². The van der Waals surface area contributed by atoms with E-state index >= 15 is 0 Å². The van der Waals surface area contributed by atoms with Crippen molar-refractivity contribution in [2.75, 3.05) is 5.73 Å². The van der Waals surface area contributed by atoms with Crippen molar-refractivity contribution in [1.82, 2.24) is 15.0 Å². The van der Waals surface area contributed by atoms with Crippen LogP contribution in [0.3, 0.4) is 0 Å². The third-order valence-electron chi connectivity index (χ3n) is 8.73. The molecule has 0 saturated carbocycles. The predicted octanol–water partition coefficient (Wildman–Crippen LogP) is 10.1. The minimum Gasteiger partial charge on any atom is -0.477 e. The van der Waals surface area contributed by atoms with E-state index in [1.807, 2.05) is 0 Å². The van der Waals surface area contributed by atoms with E-state index in [0.29, 0.717) is 33.9 Å². The van der Waals surface area contributed by atoms with Gasteiger partial charge in [0.25, 0.3) is 11.4 Å². The van der Waals surface area contributed by atoms with Gasteiger partial charge in [0.15, 0.2) is 0 Å². The van der Waals surface area contributed by atoms with Gasteiger partial charge in [-0.2, -0.15) is 17.6 Å². The predicted molar refractivity (Wildman–Crippen MR) is 238 cm³/mol. The fraction of sp³-hybridized carbons (Fsp3) is 0.234. The highest BCUT2D eigenvalue weighted by atomic mass is 19.3. The van der Waals surface area contributed by atoms with E-state index in [-0.39, 0.29) is 23.4 Å². The largest absolute Gasteiger partial charge is 0.477 e. The van der Waals surface area contributed by atoms with E-state index in [9.17, 15) is 52.2 Å². The maximum Gasteiger partial charge on any atom is 0.382 e. The lowest BCUT2D eigenvalue weighted by Crippen LogP contribution is -2.35. The molecule has 3 heterocycles. The molecule has 3 aromatic carbocycles. The number of carbonyl (C=O) groups excluding carboxylic acids is 2. The minimum atomic E-state index is -4.21. The molecule has 350 valence electrons. The Morgan fingerprint density at radius 1 is 0.567 bits per heavy atom. The number of nitro groups is 2. The number of alkyl halides is 4. The highest BCUT2D eigenvalue weighted by molar-refractivity contribution is 5.82. The quantitative estimate of drug-likeness (QED) is 0.0404. The molecule has 6 aromatic rings. The summed E-state index contributed by atoms with van der Waals surface area (Å²) in [5.74, 6) is -12.4. The first-order valence-corrected chi connectivity index (χ1v) is 19.8. The van der Waals surface area contributed by atoms with Crippen LogP contribution in [0.4, 0.5) is 34.6 Å². The molecule has 0 fully saturated rings. The second-order valence-corrected chi connectivity index (χ2v) is 16.4. The molecule has 0 aliphatic carbocycles. The Bertz CT molecular complexity index is 2730. The highest BCUT2D eigenvalue weighted by Crippen LogP contribution is 2.37. The third kappa shape index (κ3) is 14.9. The molecule has 6 rings (SSSR count). The molecular formula is C47H44F4N6O10. The highest BCUT2D eigenvalue weighted by Gasteiger charge is 2.45. The van der Waals surface area contributed by atoms with Crippen LogP contribution in [-0.4, -0.2) is 59.0 Å². The SMILES string of the molecule is CC(C)(C)OC(=O)C(F)(F)c1cc(N)cc(-c2ccncc2)c1.CC(C)(C)OC(=O)Cc1cc(-c2ccncc2)cc([N+](=O)[O-])c1.O=C(O)C(F)(F)c1cc(-c2ccncc2)cc([N+](=O)[O-])c1. The molecule has 20 heteroatoms. The molecule has 0 aliphatic heterocycles. The number of carboxylic acid groups (broad SMARTS) is 1. The molecule has 0 spiro atoms. The zero-order chi connectivity index (χ0) is 49.9. The number of hydrogen-bond acceptors (Lipinski definition) is 13. The van der Waals surface area contributed by atoms with Crippen LogP contribution in [-0.2, 0) is 42.1 Å². The number of aromatic nitrogens is 3. The molecule has 0 radical (unpaired) electrons. The Kier molecular flexibility index (Phi) is 16.3. The Morgan fingerprint density at radius 3 is 1.36 bits per heavy atom. The van der Waals surface area contributed by atoms with Crippen LogP contribution >= 0.6 is 0 Å². The summed E-state index contributed by atoms with van der Waals surface area (Å²) >= 11 is 0. The van der Waals surface area contributed by atoms with Gasteiger partial charge in [0, 0.05) is 78.3 Å². The summed E-state index contributed by atoms with van der Waals surface area (Å²) in [6.45, 7) is 9.93. The summed E-state index contributed by atoms with van der Waals surface area (Å²) in [5.41, 5.74) is 5.83. The minimum absolute atomic E-state index is 0.0168. The van der Waals surface area contributed by atoms with Gasteiger partial charge < -0.3 is 20.3 Å². The Labute approximate surface area is 380 Å². The number of anilines is 1. The van der Waals surface area contributed by atoms with E-state index in [0.717, 1.165) is 23.8 Å². The summed E-state index contributed by atoms with van der Waals surface area (Å²) < 4.78 is 66.1. The Hall–Kier alpha value is -8.16. The number of aliphatic carboxylic acids is 1. The topological polar surface area (TPSA) is 241 Å². The summed E-state index contributed by atoms with van der Waals surface area (Å²) in [7, 11) is 0. The summed E-state index contributed by atoms with van der Waals surface area (Å²) in [6, 6.07) is 20.9. The zero-order valence-electron chi connectivity index (χ0n) is 36.8. The van der Waals surface area contributed by atoms with E-state index in [1.54, 1.807) is 82.0 Å². The molecule has 0 unspecified atom stereocenters. The molecule has 67 heavy (non-hydrogen) atoms. The Balaban J connectivity index is 0.000000220. The van der Waals surface area contributed by atoms with Crippen molar-refractivity contribution < 1.29 is 56.4 Å². The van der Waals surface area contributed by atoms with Crippen molar-refractivity contribution in [1.29, 1.82) is 0 Å². The number of ether oxygens (including phenoxy) is 2. The molecule has 3 N–H and O–H groups in total. The van der Waals surface area contributed by atoms with Crippen LogP contribution in [0.25, 0.3) is 33.4 Å². The number of non-ortho nitro benzene ring substituents is 2. The number of esters is 2. The number of benzene rings is 3. The van der Waals surface area contributed by atoms with Gasteiger partial charge in [0.2, 0.25) is 0 Å². The maximum absolute atomic E-state index is 14.4. The number of pyridine rings is 3. The zero-order valence-corrected chi connectivity index (χ0v) is 36.8. The molecular weight excluding hydrogens is 885 g/mol. The average molecular weight is 929 g/mol. The summed E-state index contributed by atoms with van der Waals surface area (Å²) in [5, 5.41) is 30.5. The molecule has 3 aromatic heterocycles. The number of nitrogens with zero attached hydrogens (tertiary/aromatic N) is 5. The van der Waals surface area contributed by atoms with Gasteiger partial charge in [0.1, 0.15) is 11.2 Å². The van der Waals surface area contributed by atoms with Crippen molar-refractivity contribution in [3.05, 3.63) is 165 Å². The number of carboxylic acids is 1. The second kappa shape index (κ2) is 21.2. The molecule has 0 bridgehead atoms. The number of nitrogens with two attached hydrogens (primary N) is 1. The lowest BCUT2D eigenvalue weighted by molar-refractivity contribution is -0.385. The smallest absolute Gasteiger partial charge is 0.382 e. The third-order valence-corrected chi connectivity index (χ3v) is 8.73. The van der Waals surface area contributed by atoms with Crippen molar-refractivity contribution >= 4 is 35.0 Å². The van der Waals surface area contributed by atoms with Crippen LogP contribution in [0.2, 0.25) is 0 Å². The van der Waals surface area contributed by atoms with Gasteiger partial charge in [-0.15, -0.1) is 0 Å². The van der Waals surface area contributed by atoms with Gasteiger partial charge >= 0.3 is 29.8 Å². The van der Waals surface area contributed by atoms with Gasteiger partial charge in [-0.25, -0.2) is 9.59 Å². The fourth-order valence-corrected chi connectivity index (χ4v) is 5.87. The van der Waals surface area contributed by atoms with Gasteiger partial charge in [-0.3, -0.25) is 40.0 Å². The number of nitrogen functional groups attached to an aromatic ring is 1. The number of halogens is 4. The van der Waals surface area contributed by atoms with Crippen molar-refractivity contribution in [3.63, 3.8) is 0 Å². The normalized spacial score (nSPS) is 11.4. The number of hydrogen-bond donors (Lipinski definition) is 2. The van der Waals surface area contributed by atoms with Crippen molar-refractivity contribution in [2.45, 2.75) is 71.0 Å². The molecule has 16 nitrogen and oxygen atoms in total. The summed E-state index contributed by atoms with van der Waals surface area (Å²) in [6.07, 6.45) is 9.08. The van der Waals surface area contributed by atoms with Crippen LogP contribution in [0.1, 0.15) is 58.2 Å². The molecule has 0 amide bonds. The molecule has 0 aliphatic rings. The van der Waals surface area contributed by atoms with E-state index < -0.39 is 67.6 Å². The van der Waals surface area contributed by atoms with Gasteiger partial charge in [0.05, 0.1) is 16.3 Å². The average Bonchev–Trinajstić information content (AvgIpc) is 3.26. The number of rotatable bonds is 11. The lowest BCUT2D eigenvalue weighted by atomic mass is 9.99. The van der Waals surface area contributed by atoms with Crippen LogP contribution < -0.4 is 5.73 Å².